The number of hydrogen-bond donors (Lipinski definition) is 14. The van der Waals surface area contributed by atoms with E-state index in [1.807, 2.05) is 6.92 Å². The minimum Gasteiger partial charge on any atom is -0.508 e. The molecule has 0 radical (unpaired) electrons. The summed E-state index contributed by atoms with van der Waals surface area (Å²) in [7, 11) is 7.68. The lowest BCUT2D eigenvalue weighted by Gasteiger charge is -2.37. The highest BCUT2D eigenvalue weighted by atomic mass is 32.2. The highest BCUT2D eigenvalue weighted by Crippen LogP contribution is 2.27. The molecule has 0 saturated carbocycles. The number of aromatic nitrogens is 1. The Kier molecular flexibility index (Phi) is 38.8. The number of carboxylic acid groups (broad SMARTS) is 1. The molecule has 2 unspecified atom stereocenters. The van der Waals surface area contributed by atoms with Crippen LogP contribution in [0.3, 0.4) is 0 Å². The number of fused-ring (bicyclic) bond motifs is 1. The fraction of sp³-hybridized carbons (Fsp3) is 0.419. The van der Waals surface area contributed by atoms with E-state index >= 15 is 33.6 Å². The van der Waals surface area contributed by atoms with Gasteiger partial charge in [0.2, 0.25) is 88.6 Å². The summed E-state index contributed by atoms with van der Waals surface area (Å²) < 4.78 is 5.63. The van der Waals surface area contributed by atoms with Crippen LogP contribution in [0.2, 0.25) is 0 Å². The van der Waals surface area contributed by atoms with Gasteiger partial charge in [0.05, 0.1) is 44.5 Å². The number of nitrogens with one attached hydrogen (secondary N) is 10. The number of phenolic OH excluding ortho intramolecular Hbond substituents is 2. The first-order chi connectivity index (χ1) is 61.9. The first kappa shape index (κ1) is 102. The highest BCUT2D eigenvalue weighted by molar-refractivity contribution is 8.00. The van der Waals surface area contributed by atoms with E-state index in [4.69, 9.17) is 10.5 Å². The van der Waals surface area contributed by atoms with E-state index in [-0.39, 0.29) is 68.8 Å². The Morgan fingerprint density at radius 2 is 0.962 bits per heavy atom. The molecule has 7 aromatic rings. The average Bonchev–Trinajstić information content (AvgIpc) is 1.10. The molecule has 1 fully saturated rings. The van der Waals surface area contributed by atoms with Gasteiger partial charge in [-0.25, -0.2) is 0 Å². The van der Waals surface area contributed by atoms with Crippen molar-refractivity contribution in [1.82, 2.24) is 77.3 Å². The van der Waals surface area contributed by atoms with Crippen LogP contribution in [0.15, 0.2) is 170 Å². The van der Waals surface area contributed by atoms with E-state index in [1.54, 1.807) is 135 Å². The lowest BCUT2D eigenvalue weighted by Crippen LogP contribution is -2.62. The van der Waals surface area contributed by atoms with Gasteiger partial charge in [-0.15, -0.1) is 11.8 Å². The molecule has 1 aliphatic heterocycles. The molecular formula is C93H118N16O20S. The summed E-state index contributed by atoms with van der Waals surface area (Å²) in [5, 5.41) is 54.2. The zero-order chi connectivity index (χ0) is 95.0. The number of aromatic hydroxyl groups is 2. The first-order valence-corrected chi connectivity index (χ1v) is 43.8. The summed E-state index contributed by atoms with van der Waals surface area (Å²) in [6, 6.07) is 28.1. The van der Waals surface area contributed by atoms with Crippen molar-refractivity contribution >= 4 is 117 Å². The smallest absolute Gasteiger partial charge is 0.305 e. The van der Waals surface area contributed by atoms with Crippen molar-refractivity contribution in [3.05, 3.63) is 203 Å². The lowest BCUT2D eigenvalue weighted by molar-refractivity contribution is -0.151. The van der Waals surface area contributed by atoms with Crippen LogP contribution in [0.5, 0.6) is 11.5 Å². The molecule has 1 aliphatic rings. The van der Waals surface area contributed by atoms with E-state index in [0.717, 1.165) is 26.5 Å². The van der Waals surface area contributed by atoms with Crippen LogP contribution in [0.25, 0.3) is 10.9 Å². The van der Waals surface area contributed by atoms with Gasteiger partial charge in [0, 0.05) is 103 Å². The molecule has 36 nitrogen and oxygen atoms in total. The molecule has 8 rings (SSSR count). The molecule has 0 aliphatic carbocycles. The summed E-state index contributed by atoms with van der Waals surface area (Å²) in [5.41, 5.74) is 9.08. The van der Waals surface area contributed by atoms with Crippen LogP contribution in [0.1, 0.15) is 93.2 Å². The minimum atomic E-state index is -1.96. The SMILES string of the molecule is CCCC[C@H]1C(=O)N(C)CC(=O)N[C@@H](CC(=O)O)C(=O)N[C@@H](C(C)OC)C(=O)N(C)[C@@H](Cc2ccccc2)C(=O)N[C@@H](Cc2ccc(O)cc2)C(=O)N(C)CC(=O)N[C@@H](Cc2c[nH]c3ccccc23)C(=O)N[C@@H](Cc2ccc(O)cc2)C(=O)NCC(=O)N[C@H](C(=O)NCC(N)=O)C(CC(C)C)SCC(=O)N[C@@H](Cc2ccccc2)C(=O)N(C)[C@@H](Cc2ccccc2)C(=O)N1C. The number of primary amides is 1. The van der Waals surface area contributed by atoms with Gasteiger partial charge < -0.3 is 103 Å². The van der Waals surface area contributed by atoms with E-state index in [0.29, 0.717) is 57.1 Å². The van der Waals surface area contributed by atoms with Gasteiger partial charge in [0.15, 0.2) is 0 Å². The largest absolute Gasteiger partial charge is 0.508 e. The van der Waals surface area contributed by atoms with Crippen LogP contribution in [-0.4, -0.2) is 285 Å². The van der Waals surface area contributed by atoms with Crippen molar-refractivity contribution in [2.45, 2.75) is 170 Å². The van der Waals surface area contributed by atoms with Crippen LogP contribution in [0, 0.1) is 5.92 Å². The lowest BCUT2D eigenvalue weighted by atomic mass is 9.99. The number of nitrogens with two attached hydrogens (primary N) is 1. The Hall–Kier alpha value is -13.7. The van der Waals surface area contributed by atoms with E-state index < -0.39 is 205 Å². The van der Waals surface area contributed by atoms with E-state index in [9.17, 15) is 58.5 Å². The number of ether oxygens (including phenoxy) is 1. The van der Waals surface area contributed by atoms with Gasteiger partial charge in [-0.05, 0) is 89.4 Å². The summed E-state index contributed by atoms with van der Waals surface area (Å²) in [4.78, 5) is 243. The third-order valence-electron chi connectivity index (χ3n) is 22.3. The van der Waals surface area contributed by atoms with Crippen molar-refractivity contribution < 1.29 is 96.8 Å². The molecule has 37 heteroatoms. The first-order valence-electron chi connectivity index (χ1n) is 42.7. The van der Waals surface area contributed by atoms with Crippen LogP contribution in [-0.2, 0) is 120 Å². The summed E-state index contributed by atoms with van der Waals surface area (Å²) >= 11 is 0.907. The molecule has 0 bridgehead atoms. The molecule has 696 valence electrons. The van der Waals surface area contributed by atoms with Gasteiger partial charge in [-0.3, -0.25) is 76.7 Å². The van der Waals surface area contributed by atoms with Crippen LogP contribution < -0.4 is 53.6 Å². The van der Waals surface area contributed by atoms with Gasteiger partial charge in [-0.1, -0.05) is 167 Å². The maximum absolute atomic E-state index is 15.6. The van der Waals surface area contributed by atoms with E-state index in [1.165, 1.54) is 108 Å². The fourth-order valence-electron chi connectivity index (χ4n) is 15.0. The topological polar surface area (TPSA) is 509 Å². The Labute approximate surface area is 758 Å². The summed E-state index contributed by atoms with van der Waals surface area (Å²) in [6.07, 6.45) is -1.13. The Morgan fingerprint density at radius 3 is 1.51 bits per heavy atom. The molecule has 0 spiro atoms. The molecule has 12 atom stereocenters. The maximum Gasteiger partial charge on any atom is 0.305 e. The molecule has 15 N–H and O–H groups in total. The second-order valence-electron chi connectivity index (χ2n) is 32.7. The molecule has 2 heterocycles. The van der Waals surface area contributed by atoms with Gasteiger partial charge in [0.25, 0.3) is 0 Å². The predicted octanol–water partition coefficient (Wildman–Crippen LogP) is 1.71. The second kappa shape index (κ2) is 49.6. The maximum atomic E-state index is 15.6. The fourth-order valence-corrected chi connectivity index (χ4v) is 16.4. The van der Waals surface area contributed by atoms with Gasteiger partial charge >= 0.3 is 5.97 Å². The average molecular weight is 1810 g/mol. The molecule has 1 saturated heterocycles. The Bertz CT molecular complexity index is 5090. The number of nitrogens with zero attached hydrogens (tertiary/aromatic N) is 5. The number of H-pyrrole nitrogens is 1. The number of methoxy groups -OCH3 is 1. The Morgan fingerprint density at radius 1 is 0.492 bits per heavy atom. The predicted molar refractivity (Wildman–Crippen MR) is 484 cm³/mol. The Balaban J connectivity index is 1.22. The number of carbonyl (C=O) groups is 16. The number of benzene rings is 6. The summed E-state index contributed by atoms with van der Waals surface area (Å²) in [5.74, 6) is -16.5. The summed E-state index contributed by atoms with van der Waals surface area (Å²) in [6.45, 7) is 3.65. The standard InChI is InChI=1S/C93H118N16O20S/c1-11-12-32-72-91(126)106(6)53-79(115)99-69(48-81(117)118)86(121)104-82(56(4)129-10)93(128)108(8)73(45-58-26-18-14-19-27-58)87(122)102-70(44-61-35-39-64(111)40-36-61)89(124)105(5)52-78(114)98-68(47-62-49-95-66-31-23-22-30-65(62)66)85(120)101-67(42-60-33-37-63(110)38-34-60)84(119)97-51-77(113)103-83(88(123)96-50-76(94)112)75(41-55(2)3)130-54-80(116)100-71(43-57-24-16-13-17-25-57)90(125)109(9)74(92(127)107(72)7)46-59-28-20-15-21-29-59/h13-31,33-40,49,55-56,67-75,82-83,95,110-111H,11-12,32,41-48,50-54H2,1-10H3,(H2,94,112)(H,96,123)(H,97,119)(H,98,114)(H,99,115)(H,100,116)(H,101,120)(H,102,122)(H,103,113)(H,104,121)(H,117,118)/t56?,67-,68-,69-,70-,71-,72-,73-,74-,75?,82-,83-/m0/s1. The number of unbranched alkanes of at least 4 members (excludes halogenated alkanes) is 1. The normalized spacial score (nSPS) is 22.0. The number of likely N-dealkylation sites (N-methyl/N-ethyl adjacent to an activating group) is 5. The second-order valence-corrected chi connectivity index (χ2v) is 34.0. The molecular weight excluding hydrogens is 1690 g/mol. The van der Waals surface area contributed by atoms with E-state index in [2.05, 4.69) is 52.8 Å². The quantitative estimate of drug-likeness (QED) is 0.0409. The van der Waals surface area contributed by atoms with Crippen molar-refractivity contribution in [3.8, 4) is 11.5 Å². The third-order valence-corrected chi connectivity index (χ3v) is 23.6. The zero-order valence-electron chi connectivity index (χ0n) is 74.5. The van der Waals surface area contributed by atoms with Crippen LogP contribution >= 0.6 is 11.8 Å². The van der Waals surface area contributed by atoms with Crippen LogP contribution in [0.4, 0.5) is 0 Å². The number of aliphatic carboxylic acids is 1. The minimum absolute atomic E-state index is 0.0178. The number of rotatable bonds is 24. The number of carboxylic acids is 1. The highest BCUT2D eigenvalue weighted by Gasteiger charge is 2.43. The van der Waals surface area contributed by atoms with Crippen molar-refractivity contribution in [1.29, 1.82) is 0 Å². The molecule has 6 aromatic carbocycles. The van der Waals surface area contributed by atoms with Crippen molar-refractivity contribution in [2.75, 3.05) is 74.3 Å². The number of hydrogen-bond acceptors (Lipinski definition) is 20. The number of carbonyl (C=O) groups excluding carboxylic acids is 15. The number of thioether (sulfide) groups is 1. The number of amides is 15. The number of phenols is 2. The van der Waals surface area contributed by atoms with Gasteiger partial charge in [0.1, 0.15) is 71.9 Å². The number of para-hydroxylation sites is 1. The van der Waals surface area contributed by atoms with Crippen molar-refractivity contribution in [2.24, 2.45) is 11.7 Å². The molecule has 1 aromatic heterocycles. The third kappa shape index (κ3) is 30.5. The van der Waals surface area contributed by atoms with Gasteiger partial charge in [-0.2, -0.15) is 0 Å². The number of aromatic amines is 1. The van der Waals surface area contributed by atoms with Crippen molar-refractivity contribution in [3.63, 3.8) is 0 Å². The molecule has 130 heavy (non-hydrogen) atoms. The monoisotopic (exact) mass is 1810 g/mol. The zero-order valence-corrected chi connectivity index (χ0v) is 75.3. The molecule has 15 amide bonds.